The van der Waals surface area contributed by atoms with Gasteiger partial charge in [-0.2, -0.15) is 0 Å². The molecule has 9 heteroatoms. The quantitative estimate of drug-likeness (QED) is 0.688. The molecule has 1 fully saturated rings. The third kappa shape index (κ3) is 5.52. The van der Waals surface area contributed by atoms with Crippen LogP contribution in [0, 0.1) is 0 Å². The molecule has 1 aromatic rings. The van der Waals surface area contributed by atoms with E-state index in [1.807, 2.05) is 0 Å². The lowest BCUT2D eigenvalue weighted by molar-refractivity contribution is -0.162. The minimum Gasteiger partial charge on any atom is -0.451 e. The monoisotopic (exact) mass is 384 g/mol. The van der Waals surface area contributed by atoms with Crippen LogP contribution >= 0.6 is 0 Å². The van der Waals surface area contributed by atoms with Crippen LogP contribution in [0.25, 0.3) is 0 Å². The molecule has 0 radical (unpaired) electrons. The molecule has 1 heterocycles. The lowest BCUT2D eigenvalue weighted by Gasteiger charge is -2.16. The average molecular weight is 384 g/mol. The number of ether oxygens (including phenoxy) is 2. The summed E-state index contributed by atoms with van der Waals surface area (Å²) in [4.78, 5) is 24.1. The number of carbonyl (C=O) groups is 2. The van der Waals surface area contributed by atoms with Crippen molar-refractivity contribution in [2.45, 2.75) is 56.8 Å². The molecule has 0 bridgehead atoms. The summed E-state index contributed by atoms with van der Waals surface area (Å²) < 4.78 is 36.9. The second kappa shape index (κ2) is 8.61. The van der Waals surface area contributed by atoms with Crippen LogP contribution in [-0.2, 0) is 29.1 Å². The first kappa shape index (κ1) is 20.3. The molecule has 1 amide bonds. The van der Waals surface area contributed by atoms with E-state index >= 15 is 0 Å². The Bertz CT molecular complexity index is 739. The van der Waals surface area contributed by atoms with Crippen molar-refractivity contribution in [2.24, 2.45) is 0 Å². The van der Waals surface area contributed by atoms with Crippen molar-refractivity contribution in [1.82, 2.24) is 4.72 Å². The normalized spacial score (nSPS) is 18.5. The lowest BCUT2D eigenvalue weighted by Crippen LogP contribution is -2.34. The highest BCUT2D eigenvalue weighted by atomic mass is 32.2. The largest absolute Gasteiger partial charge is 0.451 e. The van der Waals surface area contributed by atoms with Crippen LogP contribution in [0.4, 0.5) is 5.69 Å². The summed E-state index contributed by atoms with van der Waals surface area (Å²) in [6.45, 7) is 5.44. The summed E-state index contributed by atoms with van der Waals surface area (Å²) in [7, 11) is -3.59. The van der Waals surface area contributed by atoms with Crippen LogP contribution in [0.2, 0.25) is 0 Å². The van der Waals surface area contributed by atoms with Gasteiger partial charge in [-0.1, -0.05) is 0 Å². The Kier molecular flexibility index (Phi) is 6.74. The predicted octanol–water partition coefficient (Wildman–Crippen LogP) is 1.42. The Morgan fingerprint density at radius 1 is 1.19 bits per heavy atom. The van der Waals surface area contributed by atoms with Crippen LogP contribution in [0.5, 0.6) is 0 Å². The van der Waals surface area contributed by atoms with Crippen molar-refractivity contribution in [3.8, 4) is 0 Å². The van der Waals surface area contributed by atoms with Gasteiger partial charge < -0.3 is 14.8 Å². The number of hydrogen-bond acceptors (Lipinski definition) is 6. The van der Waals surface area contributed by atoms with E-state index < -0.39 is 34.1 Å². The van der Waals surface area contributed by atoms with Crippen LogP contribution < -0.4 is 10.0 Å². The van der Waals surface area contributed by atoms with E-state index in [2.05, 4.69) is 10.0 Å². The summed E-state index contributed by atoms with van der Waals surface area (Å²) in [6.07, 6.45) is -0.213. The van der Waals surface area contributed by atoms with Crippen LogP contribution in [-0.4, -0.2) is 45.2 Å². The standard InChI is InChI=1S/C17H24N2O6S/c1-11(2)19-26(22,23)14-8-6-13(7-9-14)18-16(20)12(3)25-17(21)15-5-4-10-24-15/h6-9,11-12,15,19H,4-5,10H2,1-3H3,(H,18,20)/t12-,15+/m0/s1. The van der Waals surface area contributed by atoms with Crippen LogP contribution in [0.15, 0.2) is 29.2 Å². The number of nitrogens with one attached hydrogen (secondary N) is 2. The fourth-order valence-electron chi connectivity index (χ4n) is 2.41. The molecule has 26 heavy (non-hydrogen) atoms. The Morgan fingerprint density at radius 2 is 1.85 bits per heavy atom. The van der Waals surface area contributed by atoms with Gasteiger partial charge in [-0.15, -0.1) is 0 Å². The zero-order valence-corrected chi connectivity index (χ0v) is 15.8. The molecule has 2 rings (SSSR count). The number of esters is 1. The molecule has 2 atom stereocenters. The lowest BCUT2D eigenvalue weighted by atomic mass is 10.2. The number of sulfonamides is 1. The minimum absolute atomic E-state index is 0.0991. The molecule has 0 saturated carbocycles. The summed E-state index contributed by atoms with van der Waals surface area (Å²) in [5, 5.41) is 2.58. The van der Waals surface area contributed by atoms with E-state index in [0.29, 0.717) is 18.7 Å². The zero-order valence-electron chi connectivity index (χ0n) is 15.0. The predicted molar refractivity (Wildman–Crippen MR) is 95.1 cm³/mol. The van der Waals surface area contributed by atoms with Gasteiger partial charge in [0.25, 0.3) is 5.91 Å². The van der Waals surface area contributed by atoms with Crippen molar-refractivity contribution in [3.63, 3.8) is 0 Å². The van der Waals surface area contributed by atoms with E-state index in [1.165, 1.54) is 31.2 Å². The Hall–Kier alpha value is -1.97. The maximum atomic E-state index is 12.1. The third-order valence-corrected chi connectivity index (χ3v) is 5.35. The van der Waals surface area contributed by atoms with E-state index in [9.17, 15) is 18.0 Å². The van der Waals surface area contributed by atoms with Crippen LogP contribution in [0.3, 0.4) is 0 Å². The average Bonchev–Trinajstić information content (AvgIpc) is 3.08. The van der Waals surface area contributed by atoms with E-state index in [1.54, 1.807) is 13.8 Å². The second-order valence-electron chi connectivity index (χ2n) is 6.37. The first-order valence-electron chi connectivity index (χ1n) is 8.44. The van der Waals surface area contributed by atoms with Gasteiger partial charge in [-0.3, -0.25) is 4.79 Å². The number of benzene rings is 1. The molecule has 0 aliphatic carbocycles. The molecule has 1 saturated heterocycles. The second-order valence-corrected chi connectivity index (χ2v) is 8.08. The van der Waals surface area contributed by atoms with Gasteiger partial charge in [0.15, 0.2) is 12.2 Å². The van der Waals surface area contributed by atoms with Crippen molar-refractivity contribution >= 4 is 27.6 Å². The van der Waals surface area contributed by atoms with E-state index in [4.69, 9.17) is 9.47 Å². The van der Waals surface area contributed by atoms with Crippen molar-refractivity contribution < 1.29 is 27.5 Å². The smallest absolute Gasteiger partial charge is 0.336 e. The number of amides is 1. The molecule has 8 nitrogen and oxygen atoms in total. The SMILES string of the molecule is CC(C)NS(=O)(=O)c1ccc(NC(=O)[C@H](C)OC(=O)[C@H]2CCCO2)cc1. The van der Waals surface area contributed by atoms with Gasteiger partial charge in [-0.25, -0.2) is 17.9 Å². The fourth-order valence-corrected chi connectivity index (χ4v) is 3.66. The minimum atomic E-state index is -3.59. The Labute approximate surface area is 153 Å². The van der Waals surface area contributed by atoms with Gasteiger partial charge in [-0.05, 0) is 57.9 Å². The van der Waals surface area contributed by atoms with E-state index in [0.717, 1.165) is 6.42 Å². The van der Waals surface area contributed by atoms with Crippen molar-refractivity contribution in [3.05, 3.63) is 24.3 Å². The third-order valence-electron chi connectivity index (χ3n) is 3.68. The maximum absolute atomic E-state index is 12.1. The van der Waals surface area contributed by atoms with Crippen molar-refractivity contribution in [1.29, 1.82) is 0 Å². The highest BCUT2D eigenvalue weighted by Crippen LogP contribution is 2.16. The highest BCUT2D eigenvalue weighted by molar-refractivity contribution is 7.89. The molecular formula is C17H24N2O6S. The topological polar surface area (TPSA) is 111 Å². The Balaban J connectivity index is 1.93. The van der Waals surface area contributed by atoms with Crippen molar-refractivity contribution in [2.75, 3.05) is 11.9 Å². The first-order valence-corrected chi connectivity index (χ1v) is 9.92. The molecule has 2 N–H and O–H groups in total. The number of carbonyl (C=O) groups excluding carboxylic acids is 2. The maximum Gasteiger partial charge on any atom is 0.336 e. The molecule has 0 unspecified atom stereocenters. The Morgan fingerprint density at radius 3 is 2.38 bits per heavy atom. The summed E-state index contributed by atoms with van der Waals surface area (Å²) in [5.41, 5.74) is 0.401. The fraction of sp³-hybridized carbons (Fsp3) is 0.529. The molecule has 1 aliphatic rings. The molecule has 1 aliphatic heterocycles. The highest BCUT2D eigenvalue weighted by Gasteiger charge is 2.28. The van der Waals surface area contributed by atoms with Gasteiger partial charge in [0.05, 0.1) is 4.90 Å². The van der Waals surface area contributed by atoms with E-state index in [-0.39, 0.29) is 10.9 Å². The number of anilines is 1. The summed E-state index contributed by atoms with van der Waals surface area (Å²) >= 11 is 0. The number of rotatable bonds is 7. The molecule has 144 valence electrons. The zero-order chi connectivity index (χ0) is 19.3. The molecule has 0 aromatic heterocycles. The van der Waals surface area contributed by atoms with Gasteiger partial charge in [0.1, 0.15) is 0 Å². The molecule has 0 spiro atoms. The molecular weight excluding hydrogens is 360 g/mol. The summed E-state index contributed by atoms with van der Waals surface area (Å²) in [5.74, 6) is -1.06. The first-order chi connectivity index (χ1) is 12.2. The van der Waals surface area contributed by atoms with Gasteiger partial charge >= 0.3 is 5.97 Å². The molecule has 1 aromatic carbocycles. The van der Waals surface area contributed by atoms with Gasteiger partial charge in [0.2, 0.25) is 10.0 Å². The number of hydrogen-bond donors (Lipinski definition) is 2. The van der Waals surface area contributed by atoms with Crippen LogP contribution in [0.1, 0.15) is 33.6 Å². The summed E-state index contributed by atoms with van der Waals surface area (Å²) in [6, 6.07) is 5.51. The van der Waals surface area contributed by atoms with Gasteiger partial charge in [0, 0.05) is 18.3 Å².